The Labute approximate surface area is 222 Å². The highest BCUT2D eigenvalue weighted by atomic mass is 35.5. The van der Waals surface area contributed by atoms with Crippen LogP contribution in [0.5, 0.6) is 5.75 Å². The van der Waals surface area contributed by atoms with Crippen molar-refractivity contribution in [3.05, 3.63) is 100 Å². The topological polar surface area (TPSA) is 89.7 Å². The standard InChI is InChI=1S/C27H23Cl2N5O3/c1-16-15-33-12-5-8-22(25(33)32-16)37-26(30-2)23-19(28)10-9-18(24(23)29)21(35)14-31-27(36)34-13-11-17-6-3-4-7-20(17)34/h3-13,15,26,30H,14H2,1-2H3,(H,31,36). The molecule has 10 heteroatoms. The first-order chi connectivity index (χ1) is 17.9. The molecule has 0 saturated carbocycles. The Morgan fingerprint density at radius 1 is 1.05 bits per heavy atom. The van der Waals surface area contributed by atoms with Gasteiger partial charge in [-0.1, -0.05) is 41.4 Å². The van der Waals surface area contributed by atoms with Crippen molar-refractivity contribution < 1.29 is 14.3 Å². The molecule has 0 spiro atoms. The number of rotatable bonds is 7. The Morgan fingerprint density at radius 2 is 1.86 bits per heavy atom. The highest BCUT2D eigenvalue weighted by Gasteiger charge is 2.24. The predicted octanol–water partition coefficient (Wildman–Crippen LogP) is 5.64. The summed E-state index contributed by atoms with van der Waals surface area (Å²) < 4.78 is 9.53. The van der Waals surface area contributed by atoms with Gasteiger partial charge in [-0.05, 0) is 50.4 Å². The summed E-state index contributed by atoms with van der Waals surface area (Å²) in [7, 11) is 1.70. The van der Waals surface area contributed by atoms with Gasteiger partial charge in [-0.3, -0.25) is 14.7 Å². The maximum absolute atomic E-state index is 13.1. The van der Waals surface area contributed by atoms with Gasteiger partial charge in [0.25, 0.3) is 0 Å². The Bertz CT molecular complexity index is 1640. The number of hydrogen-bond acceptors (Lipinski definition) is 5. The molecule has 8 nitrogen and oxygen atoms in total. The molecule has 0 saturated heterocycles. The number of aryl methyl sites for hydroxylation is 1. The zero-order valence-corrected chi connectivity index (χ0v) is 21.5. The monoisotopic (exact) mass is 535 g/mol. The lowest BCUT2D eigenvalue weighted by molar-refractivity contribution is 0.0992. The third-order valence-corrected chi connectivity index (χ3v) is 6.72. The average molecular weight is 536 g/mol. The highest BCUT2D eigenvalue weighted by molar-refractivity contribution is 6.38. The van der Waals surface area contributed by atoms with E-state index in [4.69, 9.17) is 27.9 Å². The first-order valence-corrected chi connectivity index (χ1v) is 12.3. The quantitative estimate of drug-likeness (QED) is 0.208. The molecular formula is C27H23Cl2N5O3. The molecule has 0 aliphatic heterocycles. The van der Waals surface area contributed by atoms with Gasteiger partial charge in [0.1, 0.15) is 0 Å². The van der Waals surface area contributed by atoms with E-state index >= 15 is 0 Å². The number of nitrogens with zero attached hydrogens (tertiary/aromatic N) is 3. The van der Waals surface area contributed by atoms with E-state index in [0.29, 0.717) is 22.0 Å². The summed E-state index contributed by atoms with van der Waals surface area (Å²) in [6, 6.07) is 15.7. The minimum atomic E-state index is -0.767. The molecule has 0 aliphatic carbocycles. The van der Waals surface area contributed by atoms with Crippen LogP contribution >= 0.6 is 23.2 Å². The van der Waals surface area contributed by atoms with Crippen LogP contribution in [0.1, 0.15) is 27.8 Å². The molecule has 1 amide bonds. The molecule has 0 radical (unpaired) electrons. The van der Waals surface area contributed by atoms with Crippen LogP contribution in [-0.4, -0.2) is 39.4 Å². The summed E-state index contributed by atoms with van der Waals surface area (Å²) in [5, 5.41) is 7.12. The molecule has 1 unspecified atom stereocenters. The number of nitrogens with one attached hydrogen (secondary N) is 2. The highest BCUT2D eigenvalue weighted by Crippen LogP contribution is 2.35. The van der Waals surface area contributed by atoms with Gasteiger partial charge in [0.05, 0.1) is 27.8 Å². The van der Waals surface area contributed by atoms with E-state index in [-0.39, 0.29) is 22.9 Å². The molecule has 3 heterocycles. The lowest BCUT2D eigenvalue weighted by Gasteiger charge is -2.22. The molecule has 0 bridgehead atoms. The second-order valence-corrected chi connectivity index (χ2v) is 9.21. The summed E-state index contributed by atoms with van der Waals surface area (Å²) in [5.41, 5.74) is 2.86. The maximum Gasteiger partial charge on any atom is 0.326 e. The van der Waals surface area contributed by atoms with Crippen molar-refractivity contribution in [1.82, 2.24) is 24.6 Å². The smallest absolute Gasteiger partial charge is 0.326 e. The number of fused-ring (bicyclic) bond motifs is 2. The maximum atomic E-state index is 13.1. The van der Waals surface area contributed by atoms with Gasteiger partial charge < -0.3 is 14.5 Å². The average Bonchev–Trinajstić information content (AvgIpc) is 3.50. The van der Waals surface area contributed by atoms with Crippen LogP contribution in [0.25, 0.3) is 16.6 Å². The molecular weight excluding hydrogens is 513 g/mol. The fourth-order valence-corrected chi connectivity index (χ4v) is 4.89. The number of pyridine rings is 1. The summed E-state index contributed by atoms with van der Waals surface area (Å²) in [4.78, 5) is 30.3. The molecule has 0 fully saturated rings. The third-order valence-electron chi connectivity index (χ3n) is 5.98. The molecule has 37 heavy (non-hydrogen) atoms. The molecule has 5 aromatic rings. The van der Waals surface area contributed by atoms with Crippen molar-refractivity contribution in [2.45, 2.75) is 13.2 Å². The minimum absolute atomic E-state index is 0.143. The number of carbonyl (C=O) groups is 2. The number of Topliss-reactive ketones (excluding diaryl/α,β-unsaturated/α-hetero) is 1. The summed E-state index contributed by atoms with van der Waals surface area (Å²) >= 11 is 13.2. The molecule has 2 aromatic carbocycles. The van der Waals surface area contributed by atoms with Crippen LogP contribution < -0.4 is 15.4 Å². The normalized spacial score (nSPS) is 12.1. The Balaban J connectivity index is 1.37. The summed E-state index contributed by atoms with van der Waals surface area (Å²) in [6.07, 6.45) is 4.66. The van der Waals surface area contributed by atoms with Crippen molar-refractivity contribution in [1.29, 1.82) is 0 Å². The SMILES string of the molecule is CNC(Oc1cccn2cc(C)nc12)c1c(Cl)ccc(C(=O)CNC(=O)n2ccc3ccccc32)c1Cl. The Hall–Kier alpha value is -3.85. The molecule has 0 aliphatic rings. The fraction of sp³-hybridized carbons (Fsp3) is 0.148. The molecule has 1 atom stereocenters. The first kappa shape index (κ1) is 24.8. The number of para-hydroxylation sites is 1. The zero-order valence-electron chi connectivity index (χ0n) is 20.0. The van der Waals surface area contributed by atoms with E-state index in [9.17, 15) is 9.59 Å². The van der Waals surface area contributed by atoms with E-state index < -0.39 is 12.3 Å². The van der Waals surface area contributed by atoms with Gasteiger partial charge in [0.15, 0.2) is 23.4 Å². The van der Waals surface area contributed by atoms with E-state index in [0.717, 1.165) is 16.6 Å². The molecule has 3 aromatic heterocycles. The number of hydrogen-bond donors (Lipinski definition) is 2. The van der Waals surface area contributed by atoms with E-state index in [1.165, 1.54) is 4.57 Å². The van der Waals surface area contributed by atoms with Gasteiger partial charge in [-0.15, -0.1) is 0 Å². The van der Waals surface area contributed by atoms with Crippen LogP contribution in [0.4, 0.5) is 4.79 Å². The number of amides is 1. The van der Waals surface area contributed by atoms with E-state index in [2.05, 4.69) is 15.6 Å². The lowest BCUT2D eigenvalue weighted by atomic mass is 10.1. The second-order valence-electron chi connectivity index (χ2n) is 8.42. The van der Waals surface area contributed by atoms with Crippen LogP contribution in [-0.2, 0) is 0 Å². The van der Waals surface area contributed by atoms with Crippen LogP contribution in [0.3, 0.4) is 0 Å². The van der Waals surface area contributed by atoms with Crippen molar-refractivity contribution in [3.8, 4) is 5.75 Å². The summed E-state index contributed by atoms with van der Waals surface area (Å²) in [6.45, 7) is 1.65. The lowest BCUT2D eigenvalue weighted by Crippen LogP contribution is -2.33. The number of benzene rings is 2. The fourth-order valence-electron chi connectivity index (χ4n) is 4.21. The van der Waals surface area contributed by atoms with Crippen molar-refractivity contribution >= 4 is 51.6 Å². The van der Waals surface area contributed by atoms with Gasteiger partial charge in [-0.25, -0.2) is 9.78 Å². The van der Waals surface area contributed by atoms with Crippen LogP contribution in [0.2, 0.25) is 10.0 Å². The van der Waals surface area contributed by atoms with Gasteiger partial charge in [0.2, 0.25) is 0 Å². The largest absolute Gasteiger partial charge is 0.467 e. The van der Waals surface area contributed by atoms with Crippen LogP contribution in [0.15, 0.2) is 73.2 Å². The first-order valence-electron chi connectivity index (χ1n) is 11.5. The third kappa shape index (κ3) is 4.79. The number of ketones is 1. The summed E-state index contributed by atoms with van der Waals surface area (Å²) in [5.74, 6) is 0.151. The Kier molecular flexibility index (Phi) is 6.88. The number of ether oxygens (including phenoxy) is 1. The number of aromatic nitrogens is 3. The second kappa shape index (κ2) is 10.3. The number of carbonyl (C=O) groups excluding carboxylic acids is 2. The molecule has 5 rings (SSSR count). The van der Waals surface area contributed by atoms with E-state index in [1.807, 2.05) is 60.1 Å². The van der Waals surface area contributed by atoms with Gasteiger partial charge in [-0.2, -0.15) is 0 Å². The van der Waals surface area contributed by atoms with E-state index in [1.54, 1.807) is 31.4 Å². The predicted molar refractivity (Wildman–Crippen MR) is 144 cm³/mol. The van der Waals surface area contributed by atoms with Crippen molar-refractivity contribution in [3.63, 3.8) is 0 Å². The number of imidazole rings is 1. The van der Waals surface area contributed by atoms with Crippen molar-refractivity contribution in [2.75, 3.05) is 13.6 Å². The van der Waals surface area contributed by atoms with Crippen molar-refractivity contribution in [2.24, 2.45) is 0 Å². The van der Waals surface area contributed by atoms with Gasteiger partial charge in [0, 0.05) is 35.1 Å². The molecule has 188 valence electrons. The van der Waals surface area contributed by atoms with Crippen LogP contribution in [0, 0.1) is 6.92 Å². The minimum Gasteiger partial charge on any atom is -0.467 e. The zero-order chi connectivity index (χ0) is 26.1. The molecule has 2 N–H and O–H groups in total. The van der Waals surface area contributed by atoms with Gasteiger partial charge >= 0.3 is 6.03 Å². The number of halogens is 2. The Morgan fingerprint density at radius 3 is 2.68 bits per heavy atom.